The monoisotopic (exact) mass is 613 g/mol. The average molecular weight is 613 g/mol. The van der Waals surface area contributed by atoms with Gasteiger partial charge in [0.15, 0.2) is 6.19 Å². The SMILES string of the molecule is C[C@@H]1[C@H]2C[C@@H](OCc3ccccc3I)c3[nH]c4ccccc4c3CCN(C#N)C[C@@H]2CC[C@@H]1O.O=C=O. The van der Waals surface area contributed by atoms with Crippen LogP contribution in [0.25, 0.3) is 10.9 Å². The van der Waals surface area contributed by atoms with Crippen LogP contribution in [0.3, 0.4) is 0 Å². The van der Waals surface area contributed by atoms with Crippen LogP contribution in [0.15, 0.2) is 48.5 Å². The first-order valence-electron chi connectivity index (χ1n) is 12.7. The Morgan fingerprint density at radius 2 is 1.89 bits per heavy atom. The summed E-state index contributed by atoms with van der Waals surface area (Å²) in [5, 5.41) is 21.8. The normalized spacial score (nSPS) is 25.6. The topological polar surface area (TPSA) is 106 Å². The molecule has 2 aliphatic rings. The summed E-state index contributed by atoms with van der Waals surface area (Å²) in [5.74, 6) is 0.846. The number of carbonyl (C=O) groups excluding carboxylic acids is 2. The Kier molecular flexibility index (Phi) is 9.38. The number of nitrogens with zero attached hydrogens (tertiary/aromatic N) is 2. The Hall–Kier alpha value is -2.70. The summed E-state index contributed by atoms with van der Waals surface area (Å²) < 4.78 is 7.94. The van der Waals surface area contributed by atoms with Crippen molar-refractivity contribution in [2.45, 2.75) is 51.4 Å². The molecule has 1 aromatic heterocycles. The Morgan fingerprint density at radius 1 is 1.16 bits per heavy atom. The molecule has 0 saturated heterocycles. The molecule has 1 saturated carbocycles. The van der Waals surface area contributed by atoms with E-state index >= 15 is 0 Å². The van der Waals surface area contributed by atoms with Gasteiger partial charge in [0.05, 0.1) is 18.8 Å². The smallest absolute Gasteiger partial charge is 0.373 e. The number of fused-ring (bicyclic) bond motifs is 4. The number of para-hydroxylation sites is 1. The zero-order chi connectivity index (χ0) is 26.4. The average Bonchev–Trinajstić information content (AvgIpc) is 3.27. The summed E-state index contributed by atoms with van der Waals surface area (Å²) in [6.07, 6.45) is 5.73. The van der Waals surface area contributed by atoms with Gasteiger partial charge in [0.2, 0.25) is 0 Å². The second-order valence-electron chi connectivity index (χ2n) is 10.00. The third kappa shape index (κ3) is 6.24. The molecule has 3 aromatic rings. The van der Waals surface area contributed by atoms with E-state index in [4.69, 9.17) is 14.3 Å². The van der Waals surface area contributed by atoms with Gasteiger partial charge in [-0.2, -0.15) is 14.9 Å². The molecule has 0 spiro atoms. The minimum Gasteiger partial charge on any atom is -0.393 e. The molecule has 0 amide bonds. The standard InChI is InChI=1S/C28H32IN3O2.CO2/c1-18-23-14-27(34-16-20-6-2-4-8-24(20)29)28-22(21-7-3-5-9-25(21)31-28)12-13-32(17-30)15-19(23)10-11-26(18)33;2-1-3/h2-9,18-19,23,26-27,31,33H,10-16H2,1H3;/t18-,19+,23-,26+,27-;/m1./s1. The van der Waals surface area contributed by atoms with Gasteiger partial charge in [-0.1, -0.05) is 43.3 Å². The molecule has 194 valence electrons. The second kappa shape index (κ2) is 12.7. The summed E-state index contributed by atoms with van der Waals surface area (Å²) in [6.45, 7) is 4.19. The predicted octanol–water partition coefficient (Wildman–Crippen LogP) is 5.20. The van der Waals surface area contributed by atoms with E-state index < -0.39 is 0 Å². The van der Waals surface area contributed by atoms with Crippen LogP contribution in [0, 0.1) is 32.8 Å². The molecule has 0 unspecified atom stereocenters. The van der Waals surface area contributed by atoms with E-state index in [1.807, 2.05) is 4.90 Å². The fraction of sp³-hybridized carbons (Fsp3) is 0.448. The molecule has 8 heteroatoms. The highest BCUT2D eigenvalue weighted by Gasteiger charge is 2.39. The van der Waals surface area contributed by atoms with Crippen molar-refractivity contribution in [1.82, 2.24) is 9.88 Å². The lowest BCUT2D eigenvalue weighted by atomic mass is 9.68. The number of H-pyrrole nitrogens is 1. The quantitative estimate of drug-likeness (QED) is 0.311. The fourth-order valence-electron chi connectivity index (χ4n) is 6.01. The summed E-state index contributed by atoms with van der Waals surface area (Å²) >= 11 is 2.38. The minimum absolute atomic E-state index is 0.0905. The van der Waals surface area contributed by atoms with Gasteiger partial charge in [0, 0.05) is 33.3 Å². The molecule has 37 heavy (non-hydrogen) atoms. The molecular weight excluding hydrogens is 581 g/mol. The van der Waals surface area contributed by atoms with Gasteiger partial charge in [-0.25, -0.2) is 0 Å². The molecule has 1 aliphatic carbocycles. The van der Waals surface area contributed by atoms with Gasteiger partial charge in [0.25, 0.3) is 0 Å². The molecule has 2 aromatic carbocycles. The summed E-state index contributed by atoms with van der Waals surface area (Å²) in [5.41, 5.74) is 4.71. The third-order valence-corrected chi connectivity index (χ3v) is 9.05. The number of aliphatic hydroxyl groups excluding tert-OH is 1. The van der Waals surface area contributed by atoms with Gasteiger partial charge in [-0.05, 0) is 89.3 Å². The van der Waals surface area contributed by atoms with Gasteiger partial charge < -0.3 is 19.7 Å². The highest BCUT2D eigenvalue weighted by molar-refractivity contribution is 14.1. The van der Waals surface area contributed by atoms with E-state index in [9.17, 15) is 10.4 Å². The lowest BCUT2D eigenvalue weighted by Crippen LogP contribution is -2.42. The Bertz CT molecular complexity index is 1280. The highest BCUT2D eigenvalue weighted by atomic mass is 127. The number of aromatic amines is 1. The maximum absolute atomic E-state index is 10.7. The van der Waals surface area contributed by atoms with Crippen molar-refractivity contribution in [2.24, 2.45) is 17.8 Å². The molecule has 1 aliphatic heterocycles. The molecule has 1 fully saturated rings. The number of nitrogens with one attached hydrogen (secondary N) is 1. The largest absolute Gasteiger partial charge is 0.393 e. The summed E-state index contributed by atoms with van der Waals surface area (Å²) in [7, 11) is 0. The first-order valence-corrected chi connectivity index (χ1v) is 13.8. The summed E-state index contributed by atoms with van der Waals surface area (Å²) in [6, 6.07) is 16.8. The van der Waals surface area contributed by atoms with E-state index in [0.717, 1.165) is 43.4 Å². The molecule has 0 bridgehead atoms. The maximum atomic E-state index is 10.7. The van der Waals surface area contributed by atoms with E-state index in [0.29, 0.717) is 19.1 Å². The number of halogens is 1. The number of hydrogen-bond acceptors (Lipinski definition) is 6. The Balaban J connectivity index is 0.00000102. The van der Waals surface area contributed by atoms with E-state index in [1.54, 1.807) is 0 Å². The number of hydrogen-bond donors (Lipinski definition) is 2. The molecule has 5 atom stereocenters. The third-order valence-electron chi connectivity index (χ3n) is 8.00. The second-order valence-corrected chi connectivity index (χ2v) is 11.2. The number of aromatic nitrogens is 1. The zero-order valence-electron chi connectivity index (χ0n) is 20.9. The summed E-state index contributed by atoms with van der Waals surface area (Å²) in [4.78, 5) is 21.9. The van der Waals surface area contributed by atoms with Crippen molar-refractivity contribution in [3.05, 3.63) is 68.9 Å². The number of aliphatic hydroxyl groups is 1. The van der Waals surface area contributed by atoms with Crippen molar-refractivity contribution in [3.63, 3.8) is 0 Å². The van der Waals surface area contributed by atoms with Gasteiger partial charge in [0.1, 0.15) is 0 Å². The molecule has 2 heterocycles. The molecule has 5 rings (SSSR count). The Labute approximate surface area is 230 Å². The van der Waals surface area contributed by atoms with Gasteiger partial charge >= 0.3 is 6.15 Å². The number of ether oxygens (including phenoxy) is 1. The number of benzene rings is 2. The molecule has 2 N–H and O–H groups in total. The minimum atomic E-state index is -0.294. The number of rotatable bonds is 3. The van der Waals surface area contributed by atoms with E-state index in [2.05, 4.69) is 89.2 Å². The molecular formula is C29H32IN3O4. The predicted molar refractivity (Wildman–Crippen MR) is 147 cm³/mol. The first kappa shape index (κ1) is 27.3. The van der Waals surface area contributed by atoms with Crippen molar-refractivity contribution >= 4 is 39.6 Å². The van der Waals surface area contributed by atoms with Crippen LogP contribution in [-0.2, 0) is 27.4 Å². The van der Waals surface area contributed by atoms with Gasteiger partial charge in [-0.3, -0.25) is 0 Å². The van der Waals surface area contributed by atoms with Crippen LogP contribution in [0.1, 0.15) is 49.1 Å². The maximum Gasteiger partial charge on any atom is 0.373 e. The molecule has 0 radical (unpaired) electrons. The molecule has 7 nitrogen and oxygen atoms in total. The van der Waals surface area contributed by atoms with Crippen molar-refractivity contribution in [2.75, 3.05) is 13.1 Å². The first-order chi connectivity index (χ1) is 18.0. The van der Waals surface area contributed by atoms with Crippen molar-refractivity contribution in [1.29, 1.82) is 5.26 Å². The fourth-order valence-corrected chi connectivity index (χ4v) is 6.55. The van der Waals surface area contributed by atoms with Crippen molar-refractivity contribution in [3.8, 4) is 6.19 Å². The van der Waals surface area contributed by atoms with E-state index in [-0.39, 0.29) is 30.2 Å². The van der Waals surface area contributed by atoms with Gasteiger partial charge in [-0.15, -0.1) is 0 Å². The van der Waals surface area contributed by atoms with Crippen LogP contribution in [0.5, 0.6) is 0 Å². The van der Waals surface area contributed by atoms with E-state index in [1.165, 1.54) is 20.1 Å². The zero-order valence-corrected chi connectivity index (χ0v) is 23.1. The Morgan fingerprint density at radius 3 is 2.65 bits per heavy atom. The van der Waals surface area contributed by atoms with Crippen LogP contribution >= 0.6 is 22.6 Å². The van der Waals surface area contributed by atoms with Crippen LogP contribution in [-0.4, -0.2) is 40.3 Å². The lowest BCUT2D eigenvalue weighted by Gasteiger charge is -2.42. The van der Waals surface area contributed by atoms with Crippen LogP contribution < -0.4 is 0 Å². The highest BCUT2D eigenvalue weighted by Crippen LogP contribution is 2.44. The number of nitriles is 1. The van der Waals surface area contributed by atoms with Crippen LogP contribution in [0.4, 0.5) is 0 Å². The van der Waals surface area contributed by atoms with Crippen molar-refractivity contribution < 1.29 is 19.4 Å². The van der Waals surface area contributed by atoms with Crippen LogP contribution in [0.2, 0.25) is 0 Å². The lowest BCUT2D eigenvalue weighted by molar-refractivity contribution is -0.191.